The SMILES string of the molecule is C#C/C(F)=C(\F)C#C. The van der Waals surface area contributed by atoms with Crippen molar-refractivity contribution in [1.82, 2.24) is 0 Å². The Kier molecular flexibility index (Phi) is 2.37. The van der Waals surface area contributed by atoms with Gasteiger partial charge in [0.2, 0.25) is 11.7 Å². The van der Waals surface area contributed by atoms with Crippen LogP contribution in [-0.2, 0) is 0 Å². The zero-order chi connectivity index (χ0) is 6.57. The molecule has 0 aliphatic heterocycles. The zero-order valence-corrected chi connectivity index (χ0v) is 3.91. The van der Waals surface area contributed by atoms with Crippen molar-refractivity contribution in [3.05, 3.63) is 11.7 Å². The molecule has 0 bridgehead atoms. The Balaban J connectivity index is 4.41. The molecule has 0 fully saturated rings. The Morgan fingerprint density at radius 1 is 1.00 bits per heavy atom. The number of hydrogen-bond acceptors (Lipinski definition) is 0. The fourth-order valence-corrected chi connectivity index (χ4v) is 0.127. The van der Waals surface area contributed by atoms with E-state index in [1.54, 1.807) is 0 Å². The molecule has 0 amide bonds. The molecule has 0 radical (unpaired) electrons. The van der Waals surface area contributed by atoms with Crippen molar-refractivity contribution in [3.8, 4) is 24.7 Å². The second-order valence-electron chi connectivity index (χ2n) is 0.917. The Hall–Kier alpha value is -1.28. The Morgan fingerprint density at radius 2 is 1.25 bits per heavy atom. The lowest BCUT2D eigenvalue weighted by atomic mass is 10.4. The van der Waals surface area contributed by atoms with E-state index in [1.165, 1.54) is 11.8 Å². The summed E-state index contributed by atoms with van der Waals surface area (Å²) in [6.45, 7) is 0. The van der Waals surface area contributed by atoms with Crippen LogP contribution in [0.15, 0.2) is 11.7 Å². The van der Waals surface area contributed by atoms with Gasteiger partial charge in [0.1, 0.15) is 0 Å². The van der Waals surface area contributed by atoms with Crippen LogP contribution >= 0.6 is 0 Å². The van der Waals surface area contributed by atoms with Gasteiger partial charge in [-0.3, -0.25) is 0 Å². The van der Waals surface area contributed by atoms with Crippen LogP contribution in [0.25, 0.3) is 0 Å². The molecule has 0 rings (SSSR count). The first-order chi connectivity index (χ1) is 3.72. The summed E-state index contributed by atoms with van der Waals surface area (Å²) in [6.07, 6.45) is 8.86. The van der Waals surface area contributed by atoms with Crippen LogP contribution in [0.4, 0.5) is 8.78 Å². The molecule has 0 saturated heterocycles. The van der Waals surface area contributed by atoms with Gasteiger partial charge in [-0.2, -0.15) is 8.78 Å². The molecule has 0 aromatic rings. The summed E-state index contributed by atoms with van der Waals surface area (Å²) in [5.74, 6) is 0.169. The van der Waals surface area contributed by atoms with Gasteiger partial charge in [0.25, 0.3) is 0 Å². The molecule has 0 aliphatic rings. The third-order valence-corrected chi connectivity index (χ3v) is 0.446. The minimum atomic E-state index is -1.33. The lowest BCUT2D eigenvalue weighted by Crippen LogP contribution is -1.69. The fourth-order valence-electron chi connectivity index (χ4n) is 0.127. The van der Waals surface area contributed by atoms with E-state index in [9.17, 15) is 8.78 Å². The Morgan fingerprint density at radius 3 is 1.38 bits per heavy atom. The Labute approximate surface area is 46.2 Å². The van der Waals surface area contributed by atoms with Crippen molar-refractivity contribution < 1.29 is 8.78 Å². The van der Waals surface area contributed by atoms with E-state index in [-0.39, 0.29) is 0 Å². The van der Waals surface area contributed by atoms with Gasteiger partial charge in [0.05, 0.1) is 0 Å². The molecule has 0 unspecified atom stereocenters. The fraction of sp³-hybridized carbons (Fsp3) is 0. The second-order valence-corrected chi connectivity index (χ2v) is 0.917. The topological polar surface area (TPSA) is 0 Å². The van der Waals surface area contributed by atoms with Crippen molar-refractivity contribution in [1.29, 1.82) is 0 Å². The summed E-state index contributed by atoms with van der Waals surface area (Å²) < 4.78 is 23.3. The van der Waals surface area contributed by atoms with E-state index in [0.717, 1.165) is 0 Å². The minimum absolute atomic E-state index is 1.33. The molecular weight excluding hydrogens is 110 g/mol. The highest BCUT2D eigenvalue weighted by Crippen LogP contribution is 2.03. The lowest BCUT2D eigenvalue weighted by molar-refractivity contribution is 0.584. The van der Waals surface area contributed by atoms with E-state index in [0.29, 0.717) is 0 Å². The van der Waals surface area contributed by atoms with Crippen LogP contribution in [0.3, 0.4) is 0 Å². The highest BCUT2D eigenvalue weighted by atomic mass is 19.2. The first kappa shape index (κ1) is 6.72. The van der Waals surface area contributed by atoms with Crippen molar-refractivity contribution in [3.63, 3.8) is 0 Å². The summed E-state index contributed by atoms with van der Waals surface area (Å²) in [6, 6.07) is 0. The quantitative estimate of drug-likeness (QED) is 0.415. The summed E-state index contributed by atoms with van der Waals surface area (Å²) in [5, 5.41) is 0. The summed E-state index contributed by atoms with van der Waals surface area (Å²) in [5.41, 5.74) is 0. The highest BCUT2D eigenvalue weighted by Gasteiger charge is 1.95. The minimum Gasteiger partial charge on any atom is -0.193 e. The van der Waals surface area contributed by atoms with Crippen LogP contribution in [-0.4, -0.2) is 0 Å². The van der Waals surface area contributed by atoms with Crippen LogP contribution in [0.2, 0.25) is 0 Å². The smallest absolute Gasteiger partial charge is 0.193 e. The predicted molar refractivity (Wildman–Crippen MR) is 26.9 cm³/mol. The lowest BCUT2D eigenvalue weighted by Gasteiger charge is -1.77. The first-order valence-corrected chi connectivity index (χ1v) is 1.71. The summed E-state index contributed by atoms with van der Waals surface area (Å²) >= 11 is 0. The molecule has 0 saturated carbocycles. The van der Waals surface area contributed by atoms with Gasteiger partial charge in [-0.05, 0) is 11.8 Å². The maximum atomic E-state index is 11.7. The monoisotopic (exact) mass is 112 g/mol. The molecule has 0 aliphatic carbocycles. The molecule has 0 aromatic carbocycles. The third kappa shape index (κ3) is 1.45. The molecule has 0 atom stereocenters. The van der Waals surface area contributed by atoms with E-state index >= 15 is 0 Å². The average Bonchev–Trinajstić information content (AvgIpc) is 1.84. The van der Waals surface area contributed by atoms with E-state index in [2.05, 4.69) is 12.8 Å². The van der Waals surface area contributed by atoms with Gasteiger partial charge in [-0.15, -0.1) is 12.8 Å². The van der Waals surface area contributed by atoms with Gasteiger partial charge in [-0.25, -0.2) is 0 Å². The number of terminal acetylenes is 2. The largest absolute Gasteiger partial charge is 0.217 e. The standard InChI is InChI=1S/C6H2F2/c1-3-5(7)6(8)4-2/h1-2H/b6-5+. The van der Waals surface area contributed by atoms with E-state index < -0.39 is 11.7 Å². The van der Waals surface area contributed by atoms with Crippen LogP contribution in [0.5, 0.6) is 0 Å². The maximum Gasteiger partial charge on any atom is 0.217 e. The van der Waals surface area contributed by atoms with Gasteiger partial charge in [0, 0.05) is 0 Å². The molecule has 0 nitrogen and oxygen atoms in total. The van der Waals surface area contributed by atoms with Crippen molar-refractivity contribution in [2.45, 2.75) is 0 Å². The summed E-state index contributed by atoms with van der Waals surface area (Å²) in [4.78, 5) is 0. The molecule has 0 aromatic heterocycles. The van der Waals surface area contributed by atoms with Crippen molar-refractivity contribution in [2.75, 3.05) is 0 Å². The number of allylic oxidation sites excluding steroid dienone is 2. The van der Waals surface area contributed by atoms with Gasteiger partial charge < -0.3 is 0 Å². The van der Waals surface area contributed by atoms with Crippen molar-refractivity contribution in [2.24, 2.45) is 0 Å². The zero-order valence-electron chi connectivity index (χ0n) is 3.91. The molecule has 0 heterocycles. The van der Waals surface area contributed by atoms with Crippen LogP contribution in [0.1, 0.15) is 0 Å². The average molecular weight is 112 g/mol. The van der Waals surface area contributed by atoms with E-state index in [4.69, 9.17) is 0 Å². The molecule has 2 heteroatoms. The summed E-state index contributed by atoms with van der Waals surface area (Å²) in [7, 11) is 0. The van der Waals surface area contributed by atoms with E-state index in [1.807, 2.05) is 0 Å². The molecule has 40 valence electrons. The van der Waals surface area contributed by atoms with Gasteiger partial charge in [0.15, 0.2) is 0 Å². The third-order valence-electron chi connectivity index (χ3n) is 0.446. The number of rotatable bonds is 0. The normalized spacial score (nSPS) is 11.0. The molecule has 8 heavy (non-hydrogen) atoms. The highest BCUT2D eigenvalue weighted by molar-refractivity contribution is 5.31. The van der Waals surface area contributed by atoms with Crippen molar-refractivity contribution >= 4 is 0 Å². The first-order valence-electron chi connectivity index (χ1n) is 1.71. The van der Waals surface area contributed by atoms with Crippen LogP contribution in [0, 0.1) is 24.7 Å². The maximum absolute atomic E-state index is 11.7. The molecule has 0 spiro atoms. The van der Waals surface area contributed by atoms with Gasteiger partial charge >= 0.3 is 0 Å². The second kappa shape index (κ2) is 2.82. The van der Waals surface area contributed by atoms with Crippen LogP contribution < -0.4 is 0 Å². The predicted octanol–water partition coefficient (Wildman–Crippen LogP) is 1.40. The number of hydrogen-bond donors (Lipinski definition) is 0. The van der Waals surface area contributed by atoms with Gasteiger partial charge in [-0.1, -0.05) is 0 Å². The molecule has 0 N–H and O–H groups in total. The number of halogens is 2. The molecular formula is C6H2F2. The Bertz CT molecular complexity index is 166.